The third kappa shape index (κ3) is 2.32. The molecule has 0 bridgehead atoms. The van der Waals surface area contributed by atoms with Crippen LogP contribution in [0.1, 0.15) is 5.56 Å². The lowest BCUT2D eigenvalue weighted by Crippen LogP contribution is -2.29. The highest BCUT2D eigenvalue weighted by Crippen LogP contribution is 2.39. The fraction of sp³-hybridized carbons (Fsp3) is 0.125. The van der Waals surface area contributed by atoms with Crippen molar-refractivity contribution in [3.8, 4) is 0 Å². The van der Waals surface area contributed by atoms with Gasteiger partial charge < -0.3 is 10.2 Å². The number of carbonyl (C=O) groups is 1. The van der Waals surface area contributed by atoms with Crippen LogP contribution in [0, 0.1) is 0 Å². The molecule has 0 aliphatic rings. The van der Waals surface area contributed by atoms with Gasteiger partial charge in [-0.15, -0.1) is 0 Å². The fourth-order valence-corrected chi connectivity index (χ4v) is 1.78. The number of rotatable bonds is 2. The Labute approximate surface area is 105 Å². The summed E-state index contributed by atoms with van der Waals surface area (Å²) in [6, 6.07) is 2.49. The average Bonchev–Trinajstić information content (AvgIpc) is 2.13. The Morgan fingerprint density at radius 3 is 2.20 bits per heavy atom. The molecule has 0 spiro atoms. The van der Waals surface area contributed by atoms with E-state index in [2.05, 4.69) is 0 Å². The summed E-state index contributed by atoms with van der Waals surface area (Å²) < 4.78 is 0. The van der Waals surface area contributed by atoms with Gasteiger partial charge in [-0.25, -0.2) is 4.79 Å². The number of alkyl halides is 1. The molecule has 1 rings (SSSR count). The molecule has 0 amide bonds. The van der Waals surface area contributed by atoms with Gasteiger partial charge in [0.2, 0.25) is 0 Å². The Balaban J connectivity index is 3.40. The van der Waals surface area contributed by atoms with Crippen molar-refractivity contribution in [1.29, 1.82) is 0 Å². The number of carboxylic acid groups (broad SMARTS) is 1. The summed E-state index contributed by atoms with van der Waals surface area (Å²) in [5.74, 6) is -1.65. The molecule has 82 valence electrons. The van der Waals surface area contributed by atoms with E-state index in [1.165, 1.54) is 12.1 Å². The number of hydrogen-bond acceptors (Lipinski definition) is 2. The molecule has 0 heterocycles. The lowest BCUT2D eigenvalue weighted by molar-refractivity contribution is -0.150. The molecule has 1 atom stereocenters. The maximum atomic E-state index is 10.7. The maximum absolute atomic E-state index is 10.7. The van der Waals surface area contributed by atoms with Gasteiger partial charge in [0.25, 0.3) is 5.06 Å². The van der Waals surface area contributed by atoms with Gasteiger partial charge in [-0.2, -0.15) is 0 Å². The van der Waals surface area contributed by atoms with Gasteiger partial charge >= 0.3 is 5.97 Å². The number of carboxylic acids is 1. The van der Waals surface area contributed by atoms with Crippen molar-refractivity contribution in [1.82, 2.24) is 0 Å². The quantitative estimate of drug-likeness (QED) is 0.650. The Morgan fingerprint density at radius 2 is 1.73 bits per heavy atom. The Hall–Kier alpha value is -0.190. The zero-order valence-electron chi connectivity index (χ0n) is 6.97. The fourth-order valence-electron chi connectivity index (χ4n) is 0.897. The summed E-state index contributed by atoms with van der Waals surface area (Å²) in [6.45, 7) is 0. The zero-order valence-corrected chi connectivity index (χ0v) is 9.99. The number of aliphatic carboxylic acids is 1. The van der Waals surface area contributed by atoms with Gasteiger partial charge in [-0.05, 0) is 6.07 Å². The minimum absolute atomic E-state index is 0.0591. The first-order valence-electron chi connectivity index (χ1n) is 3.57. The second-order valence-electron chi connectivity index (χ2n) is 2.65. The van der Waals surface area contributed by atoms with Crippen molar-refractivity contribution in [2.45, 2.75) is 5.06 Å². The number of aliphatic hydroxyl groups is 1. The summed E-state index contributed by atoms with van der Waals surface area (Å²) in [4.78, 5) is 10.7. The molecule has 0 aromatic heterocycles. The first-order chi connectivity index (χ1) is 6.78. The largest absolute Gasteiger partial charge is 0.478 e. The second kappa shape index (κ2) is 4.36. The number of hydrogen-bond donors (Lipinski definition) is 2. The van der Waals surface area contributed by atoms with Crippen molar-refractivity contribution >= 4 is 52.4 Å². The molecule has 15 heavy (non-hydrogen) atoms. The maximum Gasteiger partial charge on any atom is 0.356 e. The number of benzene rings is 1. The Bertz CT molecular complexity index is 417. The molecule has 0 saturated carbocycles. The van der Waals surface area contributed by atoms with Crippen LogP contribution in [0.2, 0.25) is 15.1 Å². The molecule has 1 aromatic carbocycles. The standard InChI is InChI=1S/C8H4Cl4O3/c9-4-2-1-3(5(10)6(4)11)8(12,15)7(13)14/h1-2,15H,(H,13,14). The van der Waals surface area contributed by atoms with Gasteiger partial charge in [0.15, 0.2) is 0 Å². The van der Waals surface area contributed by atoms with E-state index in [0.29, 0.717) is 0 Å². The summed E-state index contributed by atoms with van der Waals surface area (Å²) >= 11 is 22.4. The van der Waals surface area contributed by atoms with E-state index in [1.807, 2.05) is 0 Å². The van der Waals surface area contributed by atoms with E-state index in [4.69, 9.17) is 51.5 Å². The van der Waals surface area contributed by atoms with Gasteiger partial charge in [0.05, 0.1) is 15.1 Å². The highest BCUT2D eigenvalue weighted by atomic mass is 35.5. The smallest absolute Gasteiger partial charge is 0.356 e. The predicted molar refractivity (Wildman–Crippen MR) is 58.9 cm³/mol. The highest BCUT2D eigenvalue weighted by molar-refractivity contribution is 6.49. The molecular formula is C8H4Cl4O3. The van der Waals surface area contributed by atoms with Crippen molar-refractivity contribution < 1.29 is 15.0 Å². The average molecular weight is 290 g/mol. The molecule has 1 aromatic rings. The SMILES string of the molecule is O=C(O)C(O)(Cl)c1ccc(Cl)c(Cl)c1Cl. The van der Waals surface area contributed by atoms with Gasteiger partial charge in [-0.1, -0.05) is 52.5 Å². The summed E-state index contributed by atoms with van der Waals surface area (Å²) in [5, 5.41) is 15.4. The molecular weight excluding hydrogens is 286 g/mol. The summed E-state index contributed by atoms with van der Waals surface area (Å²) in [7, 11) is 0. The van der Waals surface area contributed by atoms with Crippen LogP contribution in [0.4, 0.5) is 0 Å². The Kier molecular flexibility index (Phi) is 3.74. The van der Waals surface area contributed by atoms with Crippen LogP contribution in [-0.4, -0.2) is 16.2 Å². The van der Waals surface area contributed by atoms with E-state index >= 15 is 0 Å². The van der Waals surface area contributed by atoms with Crippen LogP contribution in [0.25, 0.3) is 0 Å². The van der Waals surface area contributed by atoms with Gasteiger partial charge in [0, 0.05) is 5.56 Å². The number of halogens is 4. The third-order valence-corrected chi connectivity index (χ3v) is 3.33. The van der Waals surface area contributed by atoms with Gasteiger partial charge in [-0.3, -0.25) is 0 Å². The zero-order chi connectivity index (χ0) is 11.8. The van der Waals surface area contributed by atoms with Crippen molar-refractivity contribution in [2.75, 3.05) is 0 Å². The Morgan fingerprint density at radius 1 is 1.20 bits per heavy atom. The van der Waals surface area contributed by atoms with Crippen LogP contribution in [-0.2, 0) is 9.85 Å². The molecule has 0 aliphatic carbocycles. The molecule has 0 radical (unpaired) electrons. The molecule has 1 unspecified atom stereocenters. The van der Waals surface area contributed by atoms with E-state index in [9.17, 15) is 9.90 Å². The molecule has 0 aliphatic heterocycles. The van der Waals surface area contributed by atoms with Crippen LogP contribution in [0.3, 0.4) is 0 Å². The highest BCUT2D eigenvalue weighted by Gasteiger charge is 2.38. The van der Waals surface area contributed by atoms with Gasteiger partial charge in [0.1, 0.15) is 0 Å². The molecule has 2 N–H and O–H groups in total. The first kappa shape index (κ1) is 12.9. The lowest BCUT2D eigenvalue weighted by atomic mass is 10.1. The van der Waals surface area contributed by atoms with Crippen LogP contribution < -0.4 is 0 Å². The monoisotopic (exact) mass is 288 g/mol. The van der Waals surface area contributed by atoms with E-state index in [0.717, 1.165) is 0 Å². The van der Waals surface area contributed by atoms with Crippen LogP contribution in [0.5, 0.6) is 0 Å². The van der Waals surface area contributed by atoms with Crippen molar-refractivity contribution in [2.24, 2.45) is 0 Å². The van der Waals surface area contributed by atoms with Crippen LogP contribution in [0.15, 0.2) is 12.1 Å². The molecule has 0 saturated heterocycles. The van der Waals surface area contributed by atoms with Crippen molar-refractivity contribution in [3.63, 3.8) is 0 Å². The second-order valence-corrected chi connectivity index (χ2v) is 4.36. The van der Waals surface area contributed by atoms with E-state index < -0.39 is 11.0 Å². The first-order valence-corrected chi connectivity index (χ1v) is 5.08. The molecule has 7 heteroatoms. The minimum atomic E-state index is -2.62. The van der Waals surface area contributed by atoms with Crippen LogP contribution >= 0.6 is 46.4 Å². The lowest BCUT2D eigenvalue weighted by Gasteiger charge is -2.17. The minimum Gasteiger partial charge on any atom is -0.478 e. The topological polar surface area (TPSA) is 57.5 Å². The van der Waals surface area contributed by atoms with E-state index in [-0.39, 0.29) is 20.6 Å². The summed E-state index contributed by atoms with van der Waals surface area (Å²) in [5.41, 5.74) is -0.229. The van der Waals surface area contributed by atoms with E-state index in [1.54, 1.807) is 0 Å². The van der Waals surface area contributed by atoms with Crippen molar-refractivity contribution in [3.05, 3.63) is 32.8 Å². The normalized spacial score (nSPS) is 14.7. The predicted octanol–water partition coefficient (Wildman–Crippen LogP) is 3.12. The summed E-state index contributed by atoms with van der Waals surface area (Å²) in [6.07, 6.45) is 0. The molecule has 0 fully saturated rings. The molecule has 3 nitrogen and oxygen atoms in total. The third-order valence-electron chi connectivity index (χ3n) is 1.68.